The van der Waals surface area contributed by atoms with Crippen LogP contribution in [0, 0.1) is 0 Å². The lowest BCUT2D eigenvalue weighted by molar-refractivity contribution is 0.691. The van der Waals surface area contributed by atoms with Crippen LogP contribution in [0.25, 0.3) is 55.7 Å². The summed E-state index contributed by atoms with van der Waals surface area (Å²) in [6.07, 6.45) is 3.77. The zero-order valence-corrected chi connectivity index (χ0v) is 21.3. The minimum Gasteiger partial charge on any atom is -0.353 e. The molecule has 0 radical (unpaired) electrons. The standard InChI is InChI=1S/C31H24N6S/c1-2-5-20(6-3-1)15-32-16-21-13-23(18-33-17-21)26-9-10-28-30(35-26)31(37-36-28)29-14-25-24(22-11-12-38-19-22)7-4-8-27(25)34-29/h1-14,17-19,32,34H,15-16H2,(H,36,37). The Balaban J connectivity index is 1.20. The van der Waals surface area contributed by atoms with E-state index in [1.54, 1.807) is 11.3 Å². The van der Waals surface area contributed by atoms with Gasteiger partial charge in [0.15, 0.2) is 0 Å². The molecule has 0 unspecified atom stereocenters. The van der Waals surface area contributed by atoms with Crippen LogP contribution in [0.4, 0.5) is 0 Å². The molecule has 0 spiro atoms. The minimum absolute atomic E-state index is 0.733. The predicted octanol–water partition coefficient (Wildman–Crippen LogP) is 7.19. The van der Waals surface area contributed by atoms with Crippen molar-refractivity contribution in [3.63, 3.8) is 0 Å². The fraction of sp³-hybridized carbons (Fsp3) is 0.0645. The van der Waals surface area contributed by atoms with Crippen LogP contribution in [-0.4, -0.2) is 25.1 Å². The summed E-state index contributed by atoms with van der Waals surface area (Å²) in [6, 6.07) is 27.3. The second-order valence-electron chi connectivity index (χ2n) is 9.30. The Kier molecular flexibility index (Phi) is 5.77. The lowest BCUT2D eigenvalue weighted by Crippen LogP contribution is -2.12. The van der Waals surface area contributed by atoms with Gasteiger partial charge < -0.3 is 10.3 Å². The van der Waals surface area contributed by atoms with E-state index < -0.39 is 0 Å². The summed E-state index contributed by atoms with van der Waals surface area (Å²) in [7, 11) is 0. The molecule has 0 atom stereocenters. The van der Waals surface area contributed by atoms with Crippen LogP contribution in [-0.2, 0) is 13.1 Å². The number of thiophene rings is 1. The van der Waals surface area contributed by atoms with Crippen molar-refractivity contribution < 1.29 is 0 Å². The van der Waals surface area contributed by atoms with Gasteiger partial charge in [-0.25, -0.2) is 4.98 Å². The van der Waals surface area contributed by atoms with E-state index in [9.17, 15) is 0 Å². The average Bonchev–Trinajstić information content (AvgIpc) is 3.73. The Morgan fingerprint density at radius 3 is 2.61 bits per heavy atom. The van der Waals surface area contributed by atoms with E-state index in [2.05, 4.69) is 96.9 Å². The Labute approximate surface area is 223 Å². The number of nitrogens with zero attached hydrogens (tertiary/aromatic N) is 3. The molecule has 38 heavy (non-hydrogen) atoms. The van der Waals surface area contributed by atoms with Gasteiger partial charge in [-0.1, -0.05) is 42.5 Å². The summed E-state index contributed by atoms with van der Waals surface area (Å²) in [4.78, 5) is 13.1. The smallest absolute Gasteiger partial charge is 0.135 e. The van der Waals surface area contributed by atoms with Crippen molar-refractivity contribution in [3.05, 3.63) is 113 Å². The first-order valence-corrected chi connectivity index (χ1v) is 13.4. The normalized spacial score (nSPS) is 11.5. The van der Waals surface area contributed by atoms with Crippen LogP contribution in [0.5, 0.6) is 0 Å². The molecule has 184 valence electrons. The maximum atomic E-state index is 5.02. The van der Waals surface area contributed by atoms with Crippen molar-refractivity contribution in [1.29, 1.82) is 0 Å². The summed E-state index contributed by atoms with van der Waals surface area (Å²) in [5.41, 5.74) is 11.2. The van der Waals surface area contributed by atoms with Crippen molar-refractivity contribution in [3.8, 4) is 33.8 Å². The first kappa shape index (κ1) is 22.6. The summed E-state index contributed by atoms with van der Waals surface area (Å²) in [5, 5.41) is 16.7. The van der Waals surface area contributed by atoms with E-state index in [-0.39, 0.29) is 0 Å². The lowest BCUT2D eigenvalue weighted by Gasteiger charge is -2.07. The number of aromatic amines is 2. The van der Waals surface area contributed by atoms with Gasteiger partial charge in [-0.05, 0) is 69.4 Å². The summed E-state index contributed by atoms with van der Waals surface area (Å²) >= 11 is 1.71. The Morgan fingerprint density at radius 2 is 1.71 bits per heavy atom. The highest BCUT2D eigenvalue weighted by atomic mass is 32.1. The predicted molar refractivity (Wildman–Crippen MR) is 155 cm³/mol. The van der Waals surface area contributed by atoms with Crippen LogP contribution in [0.3, 0.4) is 0 Å². The number of fused-ring (bicyclic) bond motifs is 2. The third-order valence-corrected chi connectivity index (χ3v) is 7.43. The molecule has 7 heteroatoms. The van der Waals surface area contributed by atoms with Crippen LogP contribution < -0.4 is 5.32 Å². The molecule has 5 aromatic heterocycles. The van der Waals surface area contributed by atoms with E-state index in [0.717, 1.165) is 57.8 Å². The molecule has 5 heterocycles. The first-order valence-electron chi connectivity index (χ1n) is 12.5. The first-order chi connectivity index (χ1) is 18.8. The molecule has 0 amide bonds. The van der Waals surface area contributed by atoms with E-state index >= 15 is 0 Å². The van der Waals surface area contributed by atoms with Gasteiger partial charge in [0.05, 0.1) is 16.9 Å². The highest BCUT2D eigenvalue weighted by molar-refractivity contribution is 7.08. The van der Waals surface area contributed by atoms with Gasteiger partial charge in [0.2, 0.25) is 0 Å². The molecule has 3 N–H and O–H groups in total. The van der Waals surface area contributed by atoms with E-state index in [4.69, 9.17) is 4.98 Å². The Hall–Kier alpha value is -4.59. The fourth-order valence-corrected chi connectivity index (χ4v) is 5.53. The third-order valence-electron chi connectivity index (χ3n) is 6.75. The molecule has 0 fully saturated rings. The molecular weight excluding hydrogens is 488 g/mol. The van der Waals surface area contributed by atoms with Gasteiger partial charge in [-0.3, -0.25) is 10.1 Å². The van der Waals surface area contributed by atoms with Crippen molar-refractivity contribution in [2.24, 2.45) is 0 Å². The Bertz CT molecular complexity index is 1850. The topological polar surface area (TPSA) is 82.3 Å². The number of benzene rings is 2. The second kappa shape index (κ2) is 9.70. The highest BCUT2D eigenvalue weighted by Gasteiger charge is 2.15. The van der Waals surface area contributed by atoms with Gasteiger partial charge >= 0.3 is 0 Å². The minimum atomic E-state index is 0.733. The number of aromatic nitrogens is 5. The largest absolute Gasteiger partial charge is 0.353 e. The monoisotopic (exact) mass is 512 g/mol. The number of hydrogen-bond acceptors (Lipinski definition) is 5. The molecule has 7 aromatic rings. The average molecular weight is 513 g/mol. The van der Waals surface area contributed by atoms with Crippen molar-refractivity contribution >= 4 is 33.3 Å². The number of H-pyrrole nitrogens is 2. The van der Waals surface area contributed by atoms with Gasteiger partial charge in [-0.2, -0.15) is 16.4 Å². The zero-order chi connectivity index (χ0) is 25.3. The zero-order valence-electron chi connectivity index (χ0n) is 20.5. The molecule has 2 aromatic carbocycles. The van der Waals surface area contributed by atoms with E-state index in [1.165, 1.54) is 22.1 Å². The summed E-state index contributed by atoms with van der Waals surface area (Å²) < 4.78 is 0. The van der Waals surface area contributed by atoms with Gasteiger partial charge in [0.1, 0.15) is 11.2 Å². The van der Waals surface area contributed by atoms with Crippen LogP contribution in [0.15, 0.2) is 102 Å². The lowest BCUT2D eigenvalue weighted by atomic mass is 10.0. The number of pyridine rings is 2. The molecule has 7 rings (SSSR count). The van der Waals surface area contributed by atoms with E-state index in [0.29, 0.717) is 0 Å². The maximum Gasteiger partial charge on any atom is 0.135 e. The van der Waals surface area contributed by atoms with Gasteiger partial charge in [0, 0.05) is 41.9 Å². The maximum absolute atomic E-state index is 5.02. The number of nitrogens with one attached hydrogen (secondary N) is 3. The quantitative estimate of drug-likeness (QED) is 0.211. The molecule has 0 saturated carbocycles. The van der Waals surface area contributed by atoms with Crippen LogP contribution in [0.2, 0.25) is 0 Å². The van der Waals surface area contributed by atoms with Crippen LogP contribution in [0.1, 0.15) is 11.1 Å². The molecule has 0 bridgehead atoms. The molecule has 0 aliphatic heterocycles. The second-order valence-corrected chi connectivity index (χ2v) is 10.1. The number of rotatable bonds is 7. The van der Waals surface area contributed by atoms with Gasteiger partial charge in [0.25, 0.3) is 0 Å². The summed E-state index contributed by atoms with van der Waals surface area (Å²) in [6.45, 7) is 1.54. The molecular formula is C31H24N6S. The van der Waals surface area contributed by atoms with Gasteiger partial charge in [-0.15, -0.1) is 0 Å². The van der Waals surface area contributed by atoms with E-state index in [1.807, 2.05) is 30.6 Å². The van der Waals surface area contributed by atoms with Crippen molar-refractivity contribution in [1.82, 2.24) is 30.5 Å². The molecule has 6 nitrogen and oxygen atoms in total. The third kappa shape index (κ3) is 4.28. The molecule has 0 aliphatic rings. The SMILES string of the molecule is c1ccc(CNCc2cncc(-c3ccc4[nH]nc(-c5cc6c(-c7ccsc7)cccc6[nH]5)c4n3)c2)cc1. The van der Waals surface area contributed by atoms with Crippen LogP contribution >= 0.6 is 11.3 Å². The summed E-state index contributed by atoms with van der Waals surface area (Å²) in [5.74, 6) is 0. The highest BCUT2D eigenvalue weighted by Crippen LogP contribution is 2.34. The molecule has 0 saturated heterocycles. The Morgan fingerprint density at radius 1 is 0.789 bits per heavy atom. The van der Waals surface area contributed by atoms with Crippen molar-refractivity contribution in [2.45, 2.75) is 13.1 Å². The number of hydrogen-bond donors (Lipinski definition) is 3. The fourth-order valence-electron chi connectivity index (χ4n) is 4.87. The van der Waals surface area contributed by atoms with Crippen molar-refractivity contribution in [2.75, 3.05) is 0 Å². The molecule has 0 aliphatic carbocycles.